The number of rotatable bonds is 3. The van der Waals surface area contributed by atoms with Gasteiger partial charge in [0.25, 0.3) is 0 Å². The van der Waals surface area contributed by atoms with Crippen LogP contribution < -0.4 is 10.5 Å². The van der Waals surface area contributed by atoms with Gasteiger partial charge < -0.3 is 15.2 Å². The van der Waals surface area contributed by atoms with E-state index in [2.05, 4.69) is 9.47 Å². The fraction of sp³-hybridized carbons (Fsp3) is 0.182. The van der Waals surface area contributed by atoms with Crippen LogP contribution in [0.3, 0.4) is 0 Å². The summed E-state index contributed by atoms with van der Waals surface area (Å²) in [5, 5.41) is 0. The second kappa shape index (κ2) is 5.44. The maximum absolute atomic E-state index is 12.0. The quantitative estimate of drug-likeness (QED) is 0.515. The fourth-order valence-electron chi connectivity index (χ4n) is 1.12. The molecular formula is C11H10F3NO3. The second-order valence-electron chi connectivity index (χ2n) is 3.20. The molecule has 0 saturated carbocycles. The minimum atomic E-state index is -4.78. The van der Waals surface area contributed by atoms with E-state index < -0.39 is 18.1 Å². The van der Waals surface area contributed by atoms with Crippen molar-refractivity contribution in [1.82, 2.24) is 0 Å². The summed E-state index contributed by atoms with van der Waals surface area (Å²) >= 11 is 0. The highest BCUT2D eigenvalue weighted by Gasteiger charge is 2.31. The Morgan fingerprint density at radius 1 is 1.39 bits per heavy atom. The Labute approximate surface area is 101 Å². The van der Waals surface area contributed by atoms with E-state index in [0.717, 1.165) is 18.2 Å². The van der Waals surface area contributed by atoms with Crippen LogP contribution in [0.15, 0.2) is 24.3 Å². The van der Waals surface area contributed by atoms with Crippen LogP contribution in [0.25, 0.3) is 6.08 Å². The Balaban J connectivity index is 2.95. The molecule has 0 aliphatic carbocycles. The van der Waals surface area contributed by atoms with Gasteiger partial charge in [-0.1, -0.05) is 0 Å². The lowest BCUT2D eigenvalue weighted by Gasteiger charge is -2.10. The molecule has 0 unspecified atom stereocenters. The van der Waals surface area contributed by atoms with Gasteiger partial charge in [-0.2, -0.15) is 0 Å². The molecule has 0 saturated heterocycles. The number of ether oxygens (including phenoxy) is 2. The lowest BCUT2D eigenvalue weighted by molar-refractivity contribution is -0.274. The molecule has 0 fully saturated rings. The molecule has 0 aliphatic heterocycles. The summed E-state index contributed by atoms with van der Waals surface area (Å²) in [6.07, 6.45) is -2.49. The Bertz CT molecular complexity index is 469. The summed E-state index contributed by atoms with van der Waals surface area (Å²) in [5.41, 5.74) is 5.98. The number of carbonyl (C=O) groups excluding carboxylic acids is 1. The predicted molar refractivity (Wildman–Crippen MR) is 58.6 cm³/mol. The van der Waals surface area contributed by atoms with E-state index in [4.69, 9.17) is 5.73 Å². The Kier molecular flexibility index (Phi) is 4.19. The standard InChI is InChI=1S/C11H10F3NO3/c1-17-10(16)5-2-7-6-8(3-4-9(7)15)18-11(12,13)14/h2-6H,15H2,1H3. The first-order valence-corrected chi connectivity index (χ1v) is 4.73. The highest BCUT2D eigenvalue weighted by atomic mass is 19.4. The van der Waals surface area contributed by atoms with Gasteiger partial charge in [0.05, 0.1) is 7.11 Å². The lowest BCUT2D eigenvalue weighted by atomic mass is 10.1. The zero-order valence-electron chi connectivity index (χ0n) is 9.32. The van der Waals surface area contributed by atoms with Gasteiger partial charge in [0.2, 0.25) is 0 Å². The van der Waals surface area contributed by atoms with E-state index >= 15 is 0 Å². The van der Waals surface area contributed by atoms with Gasteiger partial charge in [-0.3, -0.25) is 0 Å². The van der Waals surface area contributed by atoms with Crippen LogP contribution in [-0.2, 0) is 9.53 Å². The maximum Gasteiger partial charge on any atom is 0.573 e. The average Bonchev–Trinajstić information content (AvgIpc) is 2.27. The van der Waals surface area contributed by atoms with Crippen molar-refractivity contribution in [3.05, 3.63) is 29.8 Å². The van der Waals surface area contributed by atoms with Crippen molar-refractivity contribution >= 4 is 17.7 Å². The molecule has 1 rings (SSSR count). The number of methoxy groups -OCH3 is 1. The molecule has 7 heteroatoms. The summed E-state index contributed by atoms with van der Waals surface area (Å²) in [6, 6.07) is 3.40. The van der Waals surface area contributed by atoms with Crippen LogP contribution in [0.1, 0.15) is 5.56 Å². The smallest absolute Gasteiger partial charge is 0.466 e. The van der Waals surface area contributed by atoms with Gasteiger partial charge in [0, 0.05) is 17.3 Å². The highest BCUT2D eigenvalue weighted by Crippen LogP contribution is 2.26. The van der Waals surface area contributed by atoms with Gasteiger partial charge in [0.1, 0.15) is 5.75 Å². The molecule has 1 aromatic rings. The van der Waals surface area contributed by atoms with Gasteiger partial charge in [-0.25, -0.2) is 4.79 Å². The number of nitrogens with two attached hydrogens (primary N) is 1. The summed E-state index contributed by atoms with van der Waals surface area (Å²) in [5.74, 6) is -1.06. The molecule has 0 radical (unpaired) electrons. The molecule has 0 aromatic heterocycles. The minimum absolute atomic E-state index is 0.213. The summed E-state index contributed by atoms with van der Waals surface area (Å²) < 4.78 is 44.1. The molecule has 1 aromatic carbocycles. The van der Waals surface area contributed by atoms with Gasteiger partial charge in [-0.15, -0.1) is 13.2 Å². The molecule has 98 valence electrons. The Morgan fingerprint density at radius 3 is 2.61 bits per heavy atom. The van der Waals surface area contributed by atoms with Crippen molar-refractivity contribution in [2.45, 2.75) is 6.36 Å². The first-order valence-electron chi connectivity index (χ1n) is 4.73. The van der Waals surface area contributed by atoms with Crippen LogP contribution in [0.4, 0.5) is 18.9 Å². The Morgan fingerprint density at radius 2 is 2.06 bits per heavy atom. The van der Waals surface area contributed by atoms with E-state index in [1.165, 1.54) is 19.3 Å². The Hall–Kier alpha value is -2.18. The number of anilines is 1. The van der Waals surface area contributed by atoms with Crippen molar-refractivity contribution in [2.75, 3.05) is 12.8 Å². The zero-order valence-corrected chi connectivity index (χ0v) is 9.32. The third-order valence-corrected chi connectivity index (χ3v) is 1.89. The van der Waals surface area contributed by atoms with Crippen LogP contribution in [-0.4, -0.2) is 19.4 Å². The van der Waals surface area contributed by atoms with E-state index in [9.17, 15) is 18.0 Å². The number of carbonyl (C=O) groups is 1. The van der Waals surface area contributed by atoms with Crippen LogP contribution in [0.5, 0.6) is 5.75 Å². The molecule has 0 heterocycles. The van der Waals surface area contributed by atoms with Crippen molar-refractivity contribution in [3.8, 4) is 5.75 Å². The molecule has 0 bridgehead atoms. The number of benzene rings is 1. The molecular weight excluding hydrogens is 251 g/mol. The second-order valence-corrected chi connectivity index (χ2v) is 3.20. The largest absolute Gasteiger partial charge is 0.573 e. The van der Waals surface area contributed by atoms with Crippen LogP contribution in [0.2, 0.25) is 0 Å². The van der Waals surface area contributed by atoms with E-state index in [0.29, 0.717) is 0 Å². The van der Waals surface area contributed by atoms with E-state index in [1.54, 1.807) is 0 Å². The van der Waals surface area contributed by atoms with Gasteiger partial charge in [0.15, 0.2) is 0 Å². The monoisotopic (exact) mass is 261 g/mol. The normalized spacial score (nSPS) is 11.6. The lowest BCUT2D eigenvalue weighted by Crippen LogP contribution is -2.17. The maximum atomic E-state index is 12.0. The topological polar surface area (TPSA) is 61.5 Å². The molecule has 0 amide bonds. The van der Waals surface area contributed by atoms with Crippen LogP contribution in [0, 0.1) is 0 Å². The van der Waals surface area contributed by atoms with Crippen molar-refractivity contribution in [3.63, 3.8) is 0 Å². The van der Waals surface area contributed by atoms with E-state index in [-0.39, 0.29) is 11.3 Å². The zero-order chi connectivity index (χ0) is 13.8. The average molecular weight is 261 g/mol. The first kappa shape index (κ1) is 13.9. The van der Waals surface area contributed by atoms with E-state index in [1.807, 2.05) is 0 Å². The molecule has 0 atom stereocenters. The minimum Gasteiger partial charge on any atom is -0.466 e. The van der Waals surface area contributed by atoms with Crippen LogP contribution >= 0.6 is 0 Å². The predicted octanol–water partition coefficient (Wildman–Crippen LogP) is 2.35. The molecule has 4 nitrogen and oxygen atoms in total. The summed E-state index contributed by atoms with van der Waals surface area (Å²) in [4.78, 5) is 10.8. The van der Waals surface area contributed by atoms with Gasteiger partial charge >= 0.3 is 12.3 Å². The van der Waals surface area contributed by atoms with Crippen molar-refractivity contribution in [1.29, 1.82) is 0 Å². The number of hydrogen-bond donors (Lipinski definition) is 1. The summed E-state index contributed by atoms with van der Waals surface area (Å²) in [6.45, 7) is 0. The third-order valence-electron chi connectivity index (χ3n) is 1.89. The number of nitrogen functional groups attached to an aromatic ring is 1. The summed E-state index contributed by atoms with van der Waals surface area (Å²) in [7, 11) is 1.18. The number of esters is 1. The highest BCUT2D eigenvalue weighted by molar-refractivity contribution is 5.88. The number of hydrogen-bond acceptors (Lipinski definition) is 4. The number of halogens is 3. The van der Waals surface area contributed by atoms with Crippen molar-refractivity contribution < 1.29 is 27.4 Å². The SMILES string of the molecule is COC(=O)C=Cc1cc(OC(F)(F)F)ccc1N. The van der Waals surface area contributed by atoms with Crippen molar-refractivity contribution in [2.24, 2.45) is 0 Å². The first-order chi connectivity index (χ1) is 8.31. The van der Waals surface area contributed by atoms with Gasteiger partial charge in [-0.05, 0) is 24.3 Å². The fourth-order valence-corrected chi connectivity index (χ4v) is 1.12. The molecule has 0 spiro atoms. The molecule has 18 heavy (non-hydrogen) atoms. The third kappa shape index (κ3) is 4.36. The number of alkyl halides is 3. The molecule has 2 N–H and O–H groups in total. The molecule has 0 aliphatic rings.